The molecule has 132 valence electrons. The average molecular weight is 364 g/mol. The highest BCUT2D eigenvalue weighted by molar-refractivity contribution is 8.00. The molecule has 1 unspecified atom stereocenters. The molecule has 2 aromatic carbocycles. The maximum absolute atomic E-state index is 12.3. The Morgan fingerprint density at radius 2 is 1.77 bits per heavy atom. The Morgan fingerprint density at radius 1 is 1.04 bits per heavy atom. The second kappa shape index (κ2) is 7.33. The van der Waals surface area contributed by atoms with Crippen LogP contribution in [-0.2, 0) is 17.9 Å². The van der Waals surface area contributed by atoms with Crippen LogP contribution in [0.25, 0.3) is 0 Å². The Bertz CT molecular complexity index is 892. The van der Waals surface area contributed by atoms with E-state index in [1.165, 1.54) is 11.1 Å². The van der Waals surface area contributed by atoms with Gasteiger partial charge in [0.2, 0.25) is 5.91 Å². The number of aromatic nitrogens is 3. The van der Waals surface area contributed by atoms with Gasteiger partial charge in [-0.3, -0.25) is 4.79 Å². The lowest BCUT2D eigenvalue weighted by molar-refractivity contribution is -0.128. The largest absolute Gasteiger partial charge is 0.320 e. The number of amides is 1. The first-order valence-corrected chi connectivity index (χ1v) is 9.64. The number of carbonyl (C=O) groups excluding carboxylic acids is 1. The van der Waals surface area contributed by atoms with E-state index < -0.39 is 0 Å². The van der Waals surface area contributed by atoms with Gasteiger partial charge < -0.3 is 4.90 Å². The topological polar surface area (TPSA) is 51.0 Å². The van der Waals surface area contributed by atoms with Crippen molar-refractivity contribution in [3.63, 3.8) is 0 Å². The summed E-state index contributed by atoms with van der Waals surface area (Å²) >= 11 is 1.61. The zero-order valence-corrected chi connectivity index (χ0v) is 15.4. The van der Waals surface area contributed by atoms with Crippen molar-refractivity contribution in [2.75, 3.05) is 5.75 Å². The molecule has 2 heterocycles. The van der Waals surface area contributed by atoms with Crippen LogP contribution < -0.4 is 0 Å². The lowest BCUT2D eigenvalue weighted by atomic mass is 10.1. The van der Waals surface area contributed by atoms with Crippen molar-refractivity contribution in [1.82, 2.24) is 19.9 Å². The van der Waals surface area contributed by atoms with Crippen LogP contribution in [0.15, 0.2) is 60.8 Å². The summed E-state index contributed by atoms with van der Waals surface area (Å²) in [5.41, 5.74) is 4.39. The second-order valence-electron chi connectivity index (χ2n) is 6.50. The van der Waals surface area contributed by atoms with Gasteiger partial charge in [0, 0.05) is 6.54 Å². The highest BCUT2D eigenvalue weighted by atomic mass is 32.2. The van der Waals surface area contributed by atoms with Crippen molar-refractivity contribution in [2.45, 2.75) is 25.4 Å². The third-order valence-corrected chi connectivity index (χ3v) is 5.66. The van der Waals surface area contributed by atoms with E-state index in [4.69, 9.17) is 0 Å². The number of aryl methyl sites for hydroxylation is 1. The maximum atomic E-state index is 12.3. The van der Waals surface area contributed by atoms with E-state index in [9.17, 15) is 4.79 Å². The second-order valence-corrected chi connectivity index (χ2v) is 7.57. The lowest BCUT2D eigenvalue weighted by Crippen LogP contribution is -2.27. The molecular formula is C20H20N4OS. The van der Waals surface area contributed by atoms with Gasteiger partial charge in [-0.25, -0.2) is 4.68 Å². The molecule has 0 aliphatic carbocycles. The first-order valence-electron chi connectivity index (χ1n) is 8.59. The molecular weight excluding hydrogens is 344 g/mol. The molecule has 1 aromatic heterocycles. The van der Waals surface area contributed by atoms with E-state index >= 15 is 0 Å². The number of hydrogen-bond acceptors (Lipinski definition) is 4. The number of rotatable bonds is 5. The number of hydrogen-bond donors (Lipinski definition) is 0. The summed E-state index contributed by atoms with van der Waals surface area (Å²) < 4.78 is 1.84. The summed E-state index contributed by atoms with van der Waals surface area (Å²) in [5, 5.41) is 8.52. The minimum Gasteiger partial charge on any atom is -0.320 e. The summed E-state index contributed by atoms with van der Waals surface area (Å²) in [5.74, 6) is 0.638. The average Bonchev–Trinajstić information content (AvgIpc) is 3.25. The Balaban J connectivity index is 1.50. The van der Waals surface area contributed by atoms with E-state index in [1.54, 1.807) is 11.8 Å². The van der Waals surface area contributed by atoms with Gasteiger partial charge in [0.05, 0.1) is 18.5 Å². The van der Waals surface area contributed by atoms with Crippen LogP contribution in [0.2, 0.25) is 0 Å². The molecule has 4 rings (SSSR count). The van der Waals surface area contributed by atoms with Crippen LogP contribution >= 0.6 is 11.8 Å². The smallest absolute Gasteiger partial charge is 0.234 e. The molecule has 1 aliphatic heterocycles. The van der Waals surface area contributed by atoms with Gasteiger partial charge in [0.1, 0.15) is 11.1 Å². The Hall–Kier alpha value is -2.60. The fourth-order valence-corrected chi connectivity index (χ4v) is 4.15. The molecule has 0 saturated carbocycles. The van der Waals surface area contributed by atoms with Crippen LogP contribution in [0.4, 0.5) is 0 Å². The molecule has 3 aromatic rings. The Kier molecular flexibility index (Phi) is 4.75. The van der Waals surface area contributed by atoms with E-state index in [1.807, 2.05) is 46.1 Å². The third kappa shape index (κ3) is 3.65. The Morgan fingerprint density at radius 3 is 2.54 bits per heavy atom. The molecule has 0 N–H and O–H groups in total. The van der Waals surface area contributed by atoms with Crippen LogP contribution in [0.3, 0.4) is 0 Å². The zero-order valence-electron chi connectivity index (χ0n) is 14.6. The first kappa shape index (κ1) is 16.8. The summed E-state index contributed by atoms with van der Waals surface area (Å²) in [6.45, 7) is 3.35. The monoisotopic (exact) mass is 364 g/mol. The summed E-state index contributed by atoms with van der Waals surface area (Å²) in [4.78, 5) is 14.2. The quantitative estimate of drug-likeness (QED) is 0.696. The van der Waals surface area contributed by atoms with Crippen molar-refractivity contribution in [3.05, 3.63) is 83.2 Å². The molecule has 1 saturated heterocycles. The maximum Gasteiger partial charge on any atom is 0.234 e. The fraction of sp³-hybridized carbons (Fsp3) is 0.250. The third-order valence-electron chi connectivity index (χ3n) is 4.44. The van der Waals surface area contributed by atoms with Crippen molar-refractivity contribution in [2.24, 2.45) is 0 Å². The Labute approximate surface area is 157 Å². The summed E-state index contributed by atoms with van der Waals surface area (Å²) in [7, 11) is 0. The number of nitrogens with zero attached hydrogens (tertiary/aromatic N) is 4. The van der Waals surface area contributed by atoms with Crippen LogP contribution in [-0.4, -0.2) is 31.6 Å². The van der Waals surface area contributed by atoms with Crippen molar-refractivity contribution >= 4 is 17.7 Å². The van der Waals surface area contributed by atoms with Crippen LogP contribution in [0, 0.1) is 6.92 Å². The highest BCUT2D eigenvalue weighted by Gasteiger charge is 2.34. The van der Waals surface area contributed by atoms with E-state index in [0.29, 0.717) is 18.8 Å². The summed E-state index contributed by atoms with van der Waals surface area (Å²) in [6, 6.07) is 18.5. The molecule has 0 radical (unpaired) electrons. The van der Waals surface area contributed by atoms with Gasteiger partial charge >= 0.3 is 0 Å². The van der Waals surface area contributed by atoms with Gasteiger partial charge in [-0.1, -0.05) is 65.4 Å². The van der Waals surface area contributed by atoms with E-state index in [0.717, 1.165) is 11.3 Å². The van der Waals surface area contributed by atoms with Crippen molar-refractivity contribution in [1.29, 1.82) is 0 Å². The molecule has 0 spiro atoms. The van der Waals surface area contributed by atoms with Gasteiger partial charge in [-0.2, -0.15) is 0 Å². The molecule has 1 fully saturated rings. The standard InChI is InChI=1S/C20H20N4OS/c1-15-7-9-17(10-8-15)11-23-13-18(21-22-23)20-24(19(25)14-26-20)12-16-5-3-2-4-6-16/h2-10,13,20H,11-12,14H2,1H3. The lowest BCUT2D eigenvalue weighted by Gasteiger charge is -2.22. The zero-order chi connectivity index (χ0) is 17.9. The fourth-order valence-electron chi connectivity index (χ4n) is 3.03. The van der Waals surface area contributed by atoms with Gasteiger partial charge in [-0.05, 0) is 18.1 Å². The number of thioether (sulfide) groups is 1. The SMILES string of the molecule is Cc1ccc(Cn2cc(C3SCC(=O)N3Cc3ccccc3)nn2)cc1. The van der Waals surface area contributed by atoms with E-state index in [-0.39, 0.29) is 11.3 Å². The van der Waals surface area contributed by atoms with E-state index in [2.05, 4.69) is 41.5 Å². The van der Waals surface area contributed by atoms with Gasteiger partial charge in [-0.15, -0.1) is 16.9 Å². The number of carbonyl (C=O) groups is 1. The minimum atomic E-state index is -0.0746. The molecule has 5 nitrogen and oxygen atoms in total. The number of benzene rings is 2. The molecule has 6 heteroatoms. The summed E-state index contributed by atoms with van der Waals surface area (Å²) in [6.07, 6.45) is 1.95. The van der Waals surface area contributed by atoms with Crippen LogP contribution in [0.5, 0.6) is 0 Å². The predicted molar refractivity (Wildman–Crippen MR) is 102 cm³/mol. The van der Waals surface area contributed by atoms with Crippen molar-refractivity contribution < 1.29 is 4.79 Å². The predicted octanol–water partition coefficient (Wildman–Crippen LogP) is 3.41. The molecule has 0 bridgehead atoms. The van der Waals surface area contributed by atoms with Gasteiger partial charge in [0.25, 0.3) is 0 Å². The highest BCUT2D eigenvalue weighted by Crippen LogP contribution is 2.38. The molecule has 1 aliphatic rings. The molecule has 26 heavy (non-hydrogen) atoms. The van der Waals surface area contributed by atoms with Crippen LogP contribution in [0.1, 0.15) is 27.8 Å². The molecule has 1 atom stereocenters. The molecule has 1 amide bonds. The minimum absolute atomic E-state index is 0.0746. The normalized spacial score (nSPS) is 17.0. The first-order chi connectivity index (χ1) is 12.7. The van der Waals surface area contributed by atoms with Gasteiger partial charge in [0.15, 0.2) is 0 Å². The van der Waals surface area contributed by atoms with Crippen molar-refractivity contribution in [3.8, 4) is 0 Å².